The zero-order chi connectivity index (χ0) is 26.4. The molecule has 3 aliphatic rings. The Morgan fingerprint density at radius 1 is 1.19 bits per heavy atom. The molecule has 8 nitrogen and oxygen atoms in total. The molecular formula is C26H24F3N3O5. The van der Waals surface area contributed by atoms with Gasteiger partial charge in [0.1, 0.15) is 12.4 Å². The molecule has 2 atom stereocenters. The quantitative estimate of drug-likeness (QED) is 0.421. The van der Waals surface area contributed by atoms with E-state index in [9.17, 15) is 32.7 Å². The highest BCUT2D eigenvalue weighted by atomic mass is 19.3. The van der Waals surface area contributed by atoms with E-state index in [4.69, 9.17) is 4.74 Å². The molecule has 0 aliphatic carbocycles. The number of halogens is 3. The number of pyridine rings is 2. The van der Waals surface area contributed by atoms with Gasteiger partial charge in [-0.1, -0.05) is 6.92 Å². The first kappa shape index (κ1) is 23.9. The number of rotatable bonds is 3. The van der Waals surface area contributed by atoms with Crippen LogP contribution in [0.2, 0.25) is 0 Å². The lowest BCUT2D eigenvalue weighted by Crippen LogP contribution is -2.44. The summed E-state index contributed by atoms with van der Waals surface area (Å²) in [6, 6.07) is 4.65. The molecule has 0 spiro atoms. The molecule has 5 heterocycles. The van der Waals surface area contributed by atoms with Crippen molar-refractivity contribution in [3.8, 4) is 11.3 Å². The number of aromatic nitrogens is 2. The van der Waals surface area contributed by atoms with Crippen LogP contribution in [0.4, 0.5) is 13.2 Å². The minimum Gasteiger partial charge on any atom is -0.458 e. The molecule has 3 aliphatic heterocycles. The molecule has 6 rings (SSSR count). The van der Waals surface area contributed by atoms with E-state index in [1.54, 1.807) is 23.4 Å². The monoisotopic (exact) mass is 515 g/mol. The van der Waals surface area contributed by atoms with Crippen molar-refractivity contribution in [2.45, 2.75) is 57.0 Å². The standard InChI is InChI=1S/C26H24F3N3O5/c1-3-26(36)17-7-19-21-20(10-32(19)23(34)16(17)11-37-24(26)35)31(9-14-8-25(28,29)12-30(14)2)18-5-4-13(27)6-15(18)22(21)33/h4-7,14,36H,3,8-12H2,1-2H3/t14-,26+/m1/s1. The van der Waals surface area contributed by atoms with Crippen LogP contribution < -0.4 is 11.0 Å². The van der Waals surface area contributed by atoms with Crippen molar-refractivity contribution in [2.24, 2.45) is 0 Å². The highest BCUT2D eigenvalue weighted by Gasteiger charge is 2.46. The number of fused-ring (bicyclic) bond motifs is 5. The minimum atomic E-state index is -2.86. The summed E-state index contributed by atoms with van der Waals surface area (Å²) < 4.78 is 50.8. The Kier molecular flexibility index (Phi) is 5.03. The van der Waals surface area contributed by atoms with Crippen molar-refractivity contribution < 1.29 is 27.8 Å². The highest BCUT2D eigenvalue weighted by Crippen LogP contribution is 2.39. The van der Waals surface area contributed by atoms with Crippen molar-refractivity contribution in [2.75, 3.05) is 13.6 Å². The fourth-order valence-electron chi connectivity index (χ4n) is 6.00. The molecule has 11 heteroatoms. The molecule has 1 N–H and O–H groups in total. The van der Waals surface area contributed by atoms with E-state index in [1.165, 1.54) is 22.8 Å². The maximum atomic E-state index is 14.2. The summed E-state index contributed by atoms with van der Waals surface area (Å²) in [5.74, 6) is -4.38. The molecule has 0 bridgehead atoms. The number of hydrogen-bond donors (Lipinski definition) is 1. The lowest BCUT2D eigenvalue weighted by molar-refractivity contribution is -0.172. The number of esters is 1. The third-order valence-electron chi connectivity index (χ3n) is 7.97. The number of aliphatic hydroxyl groups is 1. The molecule has 1 fully saturated rings. The zero-order valence-corrected chi connectivity index (χ0v) is 20.2. The number of nitrogens with zero attached hydrogens (tertiary/aromatic N) is 3. The van der Waals surface area contributed by atoms with Gasteiger partial charge in [0.2, 0.25) is 0 Å². The van der Waals surface area contributed by atoms with Crippen LogP contribution in [0.3, 0.4) is 0 Å². The van der Waals surface area contributed by atoms with Crippen LogP contribution in [0.1, 0.15) is 36.6 Å². The van der Waals surface area contributed by atoms with Crippen molar-refractivity contribution in [3.63, 3.8) is 0 Å². The second-order valence-electron chi connectivity index (χ2n) is 10.2. The fourth-order valence-corrected chi connectivity index (χ4v) is 6.00. The molecular weight excluding hydrogens is 491 g/mol. The van der Waals surface area contributed by atoms with Gasteiger partial charge in [-0.3, -0.25) is 14.5 Å². The van der Waals surface area contributed by atoms with E-state index >= 15 is 0 Å². The SMILES string of the molecule is CC[C@@]1(O)C(=O)OCc2c1cc1n(c2=O)Cc2c-1c(=O)c1cc(F)ccc1n2C[C@H]1CC(F)(F)CN1C. The van der Waals surface area contributed by atoms with Gasteiger partial charge in [0.15, 0.2) is 11.0 Å². The Morgan fingerprint density at radius 2 is 1.95 bits per heavy atom. The van der Waals surface area contributed by atoms with Crippen LogP contribution in [0.15, 0.2) is 33.9 Å². The van der Waals surface area contributed by atoms with Gasteiger partial charge in [-0.2, -0.15) is 0 Å². The molecule has 1 aromatic carbocycles. The second-order valence-corrected chi connectivity index (χ2v) is 10.2. The van der Waals surface area contributed by atoms with Crippen LogP contribution in [-0.4, -0.2) is 50.7 Å². The average Bonchev–Trinajstić information content (AvgIpc) is 3.35. The van der Waals surface area contributed by atoms with E-state index in [0.717, 1.165) is 6.07 Å². The molecule has 194 valence electrons. The number of alkyl halides is 2. The van der Waals surface area contributed by atoms with Crippen molar-refractivity contribution >= 4 is 16.9 Å². The van der Waals surface area contributed by atoms with Gasteiger partial charge in [0, 0.05) is 30.0 Å². The Morgan fingerprint density at radius 3 is 2.62 bits per heavy atom. The molecule has 37 heavy (non-hydrogen) atoms. The predicted molar refractivity (Wildman–Crippen MR) is 127 cm³/mol. The van der Waals surface area contributed by atoms with Gasteiger partial charge in [0.05, 0.1) is 41.1 Å². The van der Waals surface area contributed by atoms with Gasteiger partial charge in [0.25, 0.3) is 11.5 Å². The normalized spacial score (nSPS) is 24.2. The van der Waals surface area contributed by atoms with Gasteiger partial charge in [-0.25, -0.2) is 18.0 Å². The Bertz CT molecular complexity index is 1630. The lowest BCUT2D eigenvalue weighted by atomic mass is 9.85. The van der Waals surface area contributed by atoms with E-state index in [2.05, 4.69) is 0 Å². The Balaban J connectivity index is 1.62. The van der Waals surface area contributed by atoms with Crippen molar-refractivity contribution in [3.05, 3.63) is 67.5 Å². The second kappa shape index (κ2) is 7.78. The average molecular weight is 515 g/mol. The number of carbonyl (C=O) groups excluding carboxylic acids is 1. The van der Waals surface area contributed by atoms with Gasteiger partial charge < -0.3 is 19.0 Å². The summed E-state index contributed by atoms with van der Waals surface area (Å²) in [6.07, 6.45) is -0.429. The summed E-state index contributed by atoms with van der Waals surface area (Å²) in [6.45, 7) is 0.935. The van der Waals surface area contributed by atoms with Crippen LogP contribution in [0.5, 0.6) is 0 Å². The van der Waals surface area contributed by atoms with Gasteiger partial charge in [-0.05, 0) is 37.7 Å². The number of carbonyl (C=O) groups is 1. The van der Waals surface area contributed by atoms with E-state index in [1.807, 2.05) is 0 Å². The first-order valence-electron chi connectivity index (χ1n) is 12.1. The van der Waals surface area contributed by atoms with Gasteiger partial charge in [-0.15, -0.1) is 0 Å². The topological polar surface area (TPSA) is 93.8 Å². The molecule has 0 saturated carbocycles. The predicted octanol–water partition coefficient (Wildman–Crippen LogP) is 2.32. The molecule has 3 aromatic rings. The molecule has 0 unspecified atom stereocenters. The Hall–Kier alpha value is -3.44. The number of hydrogen-bond acceptors (Lipinski definition) is 6. The largest absolute Gasteiger partial charge is 0.458 e. The number of benzene rings is 1. The summed E-state index contributed by atoms with van der Waals surface area (Å²) in [5, 5.41) is 11.1. The summed E-state index contributed by atoms with van der Waals surface area (Å²) in [4.78, 5) is 41.2. The van der Waals surface area contributed by atoms with E-state index in [-0.39, 0.29) is 60.3 Å². The number of likely N-dealkylation sites (tertiary alicyclic amines) is 1. The van der Waals surface area contributed by atoms with Crippen molar-refractivity contribution in [1.82, 2.24) is 14.0 Å². The molecule has 1 saturated heterocycles. The smallest absolute Gasteiger partial charge is 0.343 e. The van der Waals surface area contributed by atoms with Crippen LogP contribution in [0.25, 0.3) is 22.2 Å². The van der Waals surface area contributed by atoms with Crippen molar-refractivity contribution in [1.29, 1.82) is 0 Å². The zero-order valence-electron chi connectivity index (χ0n) is 20.2. The minimum absolute atomic E-state index is 0.0232. The summed E-state index contributed by atoms with van der Waals surface area (Å²) in [5.41, 5.74) is -1.77. The Labute approximate surface area is 208 Å². The van der Waals surface area contributed by atoms with Crippen LogP contribution >= 0.6 is 0 Å². The first-order chi connectivity index (χ1) is 17.4. The van der Waals surface area contributed by atoms with Crippen LogP contribution in [-0.2, 0) is 34.8 Å². The van der Waals surface area contributed by atoms with E-state index < -0.39 is 46.9 Å². The number of cyclic esters (lactones) is 1. The van der Waals surface area contributed by atoms with Gasteiger partial charge >= 0.3 is 5.97 Å². The summed E-state index contributed by atoms with van der Waals surface area (Å²) >= 11 is 0. The van der Waals surface area contributed by atoms with Crippen LogP contribution in [0, 0.1) is 5.82 Å². The highest BCUT2D eigenvalue weighted by molar-refractivity contribution is 5.88. The van der Waals surface area contributed by atoms with E-state index in [0.29, 0.717) is 11.2 Å². The number of ether oxygens (including phenoxy) is 1. The number of likely N-dealkylation sites (N-methyl/N-ethyl adjacent to an activating group) is 1. The first-order valence-corrected chi connectivity index (χ1v) is 12.1. The molecule has 2 aromatic heterocycles. The lowest BCUT2D eigenvalue weighted by Gasteiger charge is -2.31. The summed E-state index contributed by atoms with van der Waals surface area (Å²) in [7, 11) is 1.60. The molecule has 0 radical (unpaired) electrons. The molecule has 0 amide bonds. The maximum Gasteiger partial charge on any atom is 0.343 e. The third kappa shape index (κ3) is 3.33. The third-order valence-corrected chi connectivity index (χ3v) is 7.97. The fraction of sp³-hybridized carbons (Fsp3) is 0.423. The maximum absolute atomic E-state index is 14.2.